The lowest BCUT2D eigenvalue weighted by Gasteiger charge is -2.26. The van der Waals surface area contributed by atoms with Crippen molar-refractivity contribution in [3.05, 3.63) is 29.0 Å². The molecule has 1 aromatic heterocycles. The smallest absolute Gasteiger partial charge is 0.328 e. The van der Waals surface area contributed by atoms with Crippen LogP contribution < -0.4 is 5.73 Å². The number of imidazole rings is 1. The van der Waals surface area contributed by atoms with Gasteiger partial charge in [0.2, 0.25) is 0 Å². The molecule has 1 atom stereocenters. The number of rotatable bonds is 1. The number of benzene rings is 1. The van der Waals surface area contributed by atoms with Crippen molar-refractivity contribution in [2.75, 3.05) is 0 Å². The predicted molar refractivity (Wildman–Crippen MR) is 63.3 cm³/mol. The van der Waals surface area contributed by atoms with E-state index >= 15 is 0 Å². The Kier molecular flexibility index (Phi) is 2.82. The van der Waals surface area contributed by atoms with E-state index in [0.29, 0.717) is 16.1 Å². The van der Waals surface area contributed by atoms with Crippen LogP contribution in [0, 0.1) is 0 Å². The first-order chi connectivity index (χ1) is 8.16. The molecule has 0 saturated carbocycles. The zero-order valence-corrected chi connectivity index (χ0v) is 10.5. The molecule has 18 heavy (non-hydrogen) atoms. The molecule has 0 radical (unpaired) electrons. The normalized spacial score (nSPS) is 15.9. The molecule has 0 amide bonds. The molecule has 1 unspecified atom stereocenters. The third kappa shape index (κ3) is 1.76. The molecule has 2 aromatic rings. The average Bonchev–Trinajstić information content (AvgIpc) is 2.56. The fraction of sp³-hybridized carbons (Fsp3) is 0.364. The Bertz CT molecular complexity index is 601. The minimum Gasteiger partial charge on any atom is -0.328 e. The van der Waals surface area contributed by atoms with Crippen LogP contribution in [0.4, 0.5) is 13.2 Å². The highest BCUT2D eigenvalue weighted by atomic mass is 35.5. The van der Waals surface area contributed by atoms with Gasteiger partial charge in [-0.3, -0.25) is 0 Å². The maximum atomic E-state index is 12.9. The molecule has 2 N–H and O–H groups in total. The Morgan fingerprint density at radius 3 is 2.44 bits per heavy atom. The Morgan fingerprint density at radius 2 is 1.94 bits per heavy atom. The number of alkyl halides is 3. The van der Waals surface area contributed by atoms with Crippen LogP contribution in [0.1, 0.15) is 12.7 Å². The molecule has 3 nitrogen and oxygen atoms in total. The zero-order chi connectivity index (χ0) is 13.7. The molecule has 0 aliphatic rings. The Morgan fingerprint density at radius 1 is 1.33 bits per heavy atom. The van der Waals surface area contributed by atoms with Crippen molar-refractivity contribution in [2.45, 2.75) is 18.6 Å². The SMILES string of the molecule is Cn1c(C(C)(N)C(F)(F)F)nc2cccc(Cl)c21. The van der Waals surface area contributed by atoms with Crippen LogP contribution in [0.25, 0.3) is 11.0 Å². The second kappa shape index (κ2) is 3.86. The molecule has 0 aliphatic carbocycles. The van der Waals surface area contributed by atoms with E-state index in [1.54, 1.807) is 18.2 Å². The van der Waals surface area contributed by atoms with E-state index < -0.39 is 11.7 Å². The van der Waals surface area contributed by atoms with Gasteiger partial charge in [0.25, 0.3) is 0 Å². The number of para-hydroxylation sites is 1. The zero-order valence-electron chi connectivity index (χ0n) is 9.72. The van der Waals surface area contributed by atoms with Crippen LogP contribution in [0.3, 0.4) is 0 Å². The second-order valence-corrected chi connectivity index (χ2v) is 4.71. The van der Waals surface area contributed by atoms with E-state index in [1.165, 1.54) is 11.6 Å². The van der Waals surface area contributed by atoms with Gasteiger partial charge >= 0.3 is 6.18 Å². The van der Waals surface area contributed by atoms with E-state index in [1.807, 2.05) is 0 Å². The van der Waals surface area contributed by atoms with Gasteiger partial charge in [-0.25, -0.2) is 4.98 Å². The van der Waals surface area contributed by atoms with Crippen LogP contribution in [-0.2, 0) is 12.6 Å². The molecule has 0 spiro atoms. The highest BCUT2D eigenvalue weighted by molar-refractivity contribution is 6.35. The molecule has 1 aromatic carbocycles. The number of hydrogen-bond donors (Lipinski definition) is 1. The molecule has 98 valence electrons. The molecule has 7 heteroatoms. The quantitative estimate of drug-likeness (QED) is 0.871. The molecular weight excluding hydrogens is 267 g/mol. The third-order valence-electron chi connectivity index (χ3n) is 2.90. The summed E-state index contributed by atoms with van der Waals surface area (Å²) in [5.74, 6) is -0.266. The van der Waals surface area contributed by atoms with Crippen molar-refractivity contribution < 1.29 is 13.2 Å². The highest BCUT2D eigenvalue weighted by Crippen LogP contribution is 2.37. The predicted octanol–water partition coefficient (Wildman–Crippen LogP) is 2.96. The van der Waals surface area contributed by atoms with Crippen LogP contribution in [-0.4, -0.2) is 15.7 Å². The van der Waals surface area contributed by atoms with Crippen LogP contribution in [0.15, 0.2) is 18.2 Å². The average molecular weight is 278 g/mol. The molecule has 0 saturated heterocycles. The minimum atomic E-state index is -4.59. The number of fused-ring (bicyclic) bond motifs is 1. The summed E-state index contributed by atoms with van der Waals surface area (Å²) >= 11 is 5.96. The van der Waals surface area contributed by atoms with Gasteiger partial charge in [-0.2, -0.15) is 13.2 Å². The summed E-state index contributed by atoms with van der Waals surface area (Å²) in [6.45, 7) is 0.891. The van der Waals surface area contributed by atoms with Gasteiger partial charge in [0.1, 0.15) is 5.82 Å². The Labute approximate surface area is 106 Å². The van der Waals surface area contributed by atoms with Gasteiger partial charge in [0.15, 0.2) is 5.54 Å². The van der Waals surface area contributed by atoms with Crippen molar-refractivity contribution >= 4 is 22.6 Å². The Hall–Kier alpha value is -1.27. The van der Waals surface area contributed by atoms with E-state index in [4.69, 9.17) is 17.3 Å². The van der Waals surface area contributed by atoms with Gasteiger partial charge in [0, 0.05) is 7.05 Å². The third-order valence-corrected chi connectivity index (χ3v) is 3.20. The second-order valence-electron chi connectivity index (χ2n) is 4.30. The molecular formula is C11H11ClF3N3. The Balaban J connectivity index is 2.75. The van der Waals surface area contributed by atoms with Crippen molar-refractivity contribution in [2.24, 2.45) is 12.8 Å². The van der Waals surface area contributed by atoms with Gasteiger partial charge in [-0.15, -0.1) is 0 Å². The largest absolute Gasteiger partial charge is 0.413 e. The molecule has 0 bridgehead atoms. The number of nitrogens with zero attached hydrogens (tertiary/aromatic N) is 2. The van der Waals surface area contributed by atoms with Crippen LogP contribution >= 0.6 is 11.6 Å². The summed E-state index contributed by atoms with van der Waals surface area (Å²) in [6.07, 6.45) is -4.59. The first kappa shape index (κ1) is 13.2. The van der Waals surface area contributed by atoms with E-state index in [9.17, 15) is 13.2 Å². The number of aromatic nitrogens is 2. The summed E-state index contributed by atoms with van der Waals surface area (Å²) in [5.41, 5.74) is 3.68. The molecule has 1 heterocycles. The van der Waals surface area contributed by atoms with Gasteiger partial charge in [0.05, 0.1) is 16.1 Å². The summed E-state index contributed by atoms with van der Waals surface area (Å²) in [7, 11) is 1.47. The van der Waals surface area contributed by atoms with Crippen molar-refractivity contribution in [3.8, 4) is 0 Å². The molecule has 0 fully saturated rings. The summed E-state index contributed by atoms with van der Waals surface area (Å²) in [4.78, 5) is 3.94. The van der Waals surface area contributed by atoms with Crippen LogP contribution in [0.2, 0.25) is 5.02 Å². The summed E-state index contributed by atoms with van der Waals surface area (Å²) < 4.78 is 40.0. The van der Waals surface area contributed by atoms with Crippen LogP contribution in [0.5, 0.6) is 0 Å². The fourth-order valence-corrected chi connectivity index (χ4v) is 2.11. The summed E-state index contributed by atoms with van der Waals surface area (Å²) in [5, 5.41) is 0.340. The van der Waals surface area contributed by atoms with E-state index in [2.05, 4.69) is 4.98 Å². The lowest BCUT2D eigenvalue weighted by molar-refractivity contribution is -0.186. The van der Waals surface area contributed by atoms with Crippen molar-refractivity contribution in [3.63, 3.8) is 0 Å². The molecule has 2 rings (SSSR count). The van der Waals surface area contributed by atoms with Gasteiger partial charge < -0.3 is 10.3 Å². The first-order valence-electron chi connectivity index (χ1n) is 5.13. The minimum absolute atomic E-state index is 0.266. The number of aryl methyl sites for hydroxylation is 1. The van der Waals surface area contributed by atoms with Gasteiger partial charge in [-0.1, -0.05) is 17.7 Å². The maximum absolute atomic E-state index is 12.9. The first-order valence-corrected chi connectivity index (χ1v) is 5.51. The van der Waals surface area contributed by atoms with Crippen molar-refractivity contribution in [1.29, 1.82) is 0 Å². The molecule has 0 aliphatic heterocycles. The lowest BCUT2D eigenvalue weighted by Crippen LogP contribution is -2.49. The van der Waals surface area contributed by atoms with Gasteiger partial charge in [-0.05, 0) is 19.1 Å². The highest BCUT2D eigenvalue weighted by Gasteiger charge is 2.52. The topological polar surface area (TPSA) is 43.8 Å². The number of halogens is 4. The van der Waals surface area contributed by atoms with Crippen molar-refractivity contribution in [1.82, 2.24) is 9.55 Å². The summed E-state index contributed by atoms with van der Waals surface area (Å²) in [6, 6.07) is 4.82. The fourth-order valence-electron chi connectivity index (χ4n) is 1.81. The standard InChI is InChI=1S/C11H11ClF3N3/c1-10(16,11(13,14)15)9-17-7-5-3-4-6(12)8(7)18(9)2/h3-5H,16H2,1-2H3. The maximum Gasteiger partial charge on any atom is 0.413 e. The number of nitrogens with two attached hydrogens (primary N) is 1. The monoisotopic (exact) mass is 277 g/mol. The number of hydrogen-bond acceptors (Lipinski definition) is 2. The lowest BCUT2D eigenvalue weighted by atomic mass is 10.0. The van der Waals surface area contributed by atoms with E-state index in [-0.39, 0.29) is 5.82 Å². The van der Waals surface area contributed by atoms with E-state index in [0.717, 1.165) is 6.92 Å².